The van der Waals surface area contributed by atoms with Crippen LogP contribution in [0.25, 0.3) is 0 Å². The van der Waals surface area contributed by atoms with E-state index >= 15 is 0 Å². The number of quaternary nitrogens is 1. The topological polar surface area (TPSA) is 96.2 Å². The summed E-state index contributed by atoms with van der Waals surface area (Å²) in [7, 11) is -0.601. The number of anilines is 1. The number of nitrogens with two attached hydrogens (primary N) is 1. The van der Waals surface area contributed by atoms with Crippen LogP contribution in [0, 0.1) is 0 Å². The Morgan fingerprint density at radius 1 is 1.29 bits per heavy atom. The highest BCUT2D eigenvalue weighted by atomic mass is 32.2. The van der Waals surface area contributed by atoms with Crippen molar-refractivity contribution in [2.24, 2.45) is 0 Å². The van der Waals surface area contributed by atoms with Crippen LogP contribution in [-0.2, 0) is 14.8 Å². The zero-order chi connectivity index (χ0) is 17.7. The van der Waals surface area contributed by atoms with Crippen molar-refractivity contribution in [3.05, 3.63) is 48.4 Å². The Morgan fingerprint density at radius 3 is 2.67 bits per heavy atom. The minimum atomic E-state index is -3.53. The second-order valence-corrected chi connectivity index (χ2v) is 7.76. The Bertz CT molecular complexity index is 785. The van der Waals surface area contributed by atoms with Crippen molar-refractivity contribution in [3.63, 3.8) is 0 Å². The molecular weight excluding hydrogens is 330 g/mol. The number of rotatable bonds is 7. The number of benzene rings is 1. The van der Waals surface area contributed by atoms with Gasteiger partial charge < -0.3 is 15.1 Å². The normalized spacial score (nSPS) is 13.0. The summed E-state index contributed by atoms with van der Waals surface area (Å²) >= 11 is 0. The van der Waals surface area contributed by atoms with Crippen LogP contribution in [0.4, 0.5) is 5.69 Å². The van der Waals surface area contributed by atoms with Gasteiger partial charge in [0.05, 0.1) is 11.2 Å². The lowest BCUT2D eigenvalue weighted by Crippen LogP contribution is -2.86. The molecular formula is C16H22N3O4S+. The third-order valence-corrected chi connectivity index (χ3v) is 5.36. The number of hydrogen-bond acceptors (Lipinski definition) is 4. The molecule has 0 saturated carbocycles. The standard InChI is InChI=1S/C16H21N3O4S/c1-12(15-8-5-9-23-15)17-11-16(20)18-13-6-4-7-14(10-13)24(21,22)19(2)3/h4-10,12,17H,11H2,1-3H3,(H,18,20)/p+1/t12-/m0/s1. The molecule has 0 bridgehead atoms. The lowest BCUT2D eigenvalue weighted by atomic mass is 10.2. The predicted octanol–water partition coefficient (Wildman–Crippen LogP) is 0.793. The molecule has 1 aromatic carbocycles. The lowest BCUT2D eigenvalue weighted by Gasteiger charge is -2.13. The highest BCUT2D eigenvalue weighted by Gasteiger charge is 2.18. The fraction of sp³-hybridized carbons (Fsp3) is 0.312. The molecule has 0 radical (unpaired) electrons. The molecule has 0 fully saturated rings. The number of furan rings is 1. The second-order valence-electron chi connectivity index (χ2n) is 5.61. The summed E-state index contributed by atoms with van der Waals surface area (Å²) in [6.45, 7) is 2.14. The number of amides is 1. The Hall–Kier alpha value is -2.16. The predicted molar refractivity (Wildman–Crippen MR) is 89.9 cm³/mol. The molecule has 0 unspecified atom stereocenters. The maximum absolute atomic E-state index is 12.1. The fourth-order valence-corrected chi connectivity index (χ4v) is 3.06. The fourth-order valence-electron chi connectivity index (χ4n) is 2.11. The van der Waals surface area contributed by atoms with Crippen molar-refractivity contribution in [1.82, 2.24) is 4.31 Å². The molecule has 2 rings (SSSR count). The molecule has 0 aliphatic heterocycles. The first-order valence-electron chi connectivity index (χ1n) is 7.50. The van der Waals surface area contributed by atoms with Crippen LogP contribution in [-0.4, -0.2) is 39.3 Å². The van der Waals surface area contributed by atoms with Crippen LogP contribution >= 0.6 is 0 Å². The minimum absolute atomic E-state index is 0.0196. The molecule has 24 heavy (non-hydrogen) atoms. The smallest absolute Gasteiger partial charge is 0.279 e. The SMILES string of the molecule is C[C@H]([NH2+]CC(=O)Nc1cccc(S(=O)(=O)N(C)C)c1)c1ccco1. The van der Waals surface area contributed by atoms with Crippen molar-refractivity contribution < 1.29 is 22.9 Å². The first-order valence-corrected chi connectivity index (χ1v) is 8.94. The number of carbonyl (C=O) groups is 1. The first-order chi connectivity index (χ1) is 11.3. The molecule has 0 spiro atoms. The molecule has 3 N–H and O–H groups in total. The maximum atomic E-state index is 12.1. The van der Waals surface area contributed by atoms with Crippen LogP contribution in [0.15, 0.2) is 52.0 Å². The summed E-state index contributed by atoms with van der Waals surface area (Å²) in [6.07, 6.45) is 1.59. The summed E-state index contributed by atoms with van der Waals surface area (Å²) in [5.41, 5.74) is 0.446. The van der Waals surface area contributed by atoms with E-state index in [4.69, 9.17) is 4.42 Å². The van der Waals surface area contributed by atoms with Gasteiger partial charge in [0.2, 0.25) is 10.0 Å². The highest BCUT2D eigenvalue weighted by molar-refractivity contribution is 7.89. The number of nitrogens with one attached hydrogen (secondary N) is 1. The second kappa shape index (κ2) is 7.61. The molecule has 1 aromatic heterocycles. The highest BCUT2D eigenvalue weighted by Crippen LogP contribution is 2.17. The Labute approximate surface area is 141 Å². The van der Waals surface area contributed by atoms with Crippen LogP contribution in [0.3, 0.4) is 0 Å². The lowest BCUT2D eigenvalue weighted by molar-refractivity contribution is -0.684. The maximum Gasteiger partial charge on any atom is 0.279 e. The zero-order valence-corrected chi connectivity index (χ0v) is 14.7. The van der Waals surface area contributed by atoms with E-state index in [1.807, 2.05) is 18.3 Å². The van der Waals surface area contributed by atoms with E-state index in [1.165, 1.54) is 26.2 Å². The van der Waals surface area contributed by atoms with Crippen molar-refractivity contribution in [3.8, 4) is 0 Å². The van der Waals surface area contributed by atoms with E-state index in [0.29, 0.717) is 5.69 Å². The first kappa shape index (κ1) is 18.2. The average Bonchev–Trinajstić information content (AvgIpc) is 3.07. The molecule has 0 saturated heterocycles. The minimum Gasteiger partial charge on any atom is -0.463 e. The molecule has 7 nitrogen and oxygen atoms in total. The van der Waals surface area contributed by atoms with E-state index in [-0.39, 0.29) is 23.4 Å². The number of hydrogen-bond donors (Lipinski definition) is 2. The number of nitrogens with zero attached hydrogens (tertiary/aromatic N) is 1. The van der Waals surface area contributed by atoms with Crippen molar-refractivity contribution >= 4 is 21.6 Å². The number of sulfonamides is 1. The quantitative estimate of drug-likeness (QED) is 0.770. The third kappa shape index (κ3) is 4.44. The molecule has 1 heterocycles. The van der Waals surface area contributed by atoms with Crippen LogP contribution in [0.1, 0.15) is 18.7 Å². The largest absolute Gasteiger partial charge is 0.463 e. The van der Waals surface area contributed by atoms with E-state index < -0.39 is 10.0 Å². The van der Waals surface area contributed by atoms with Gasteiger partial charge in [-0.25, -0.2) is 12.7 Å². The summed E-state index contributed by atoms with van der Waals surface area (Å²) < 4.78 is 30.6. The summed E-state index contributed by atoms with van der Waals surface area (Å²) in [6, 6.07) is 9.87. The van der Waals surface area contributed by atoms with Gasteiger partial charge in [0, 0.05) is 19.8 Å². The van der Waals surface area contributed by atoms with Crippen LogP contribution in [0.2, 0.25) is 0 Å². The molecule has 130 valence electrons. The van der Waals surface area contributed by atoms with Gasteiger partial charge in [0.15, 0.2) is 12.3 Å². The van der Waals surface area contributed by atoms with Crippen LogP contribution < -0.4 is 10.6 Å². The molecule has 8 heteroatoms. The van der Waals surface area contributed by atoms with Gasteiger partial charge in [-0.2, -0.15) is 0 Å². The summed E-state index contributed by atoms with van der Waals surface area (Å²) in [4.78, 5) is 12.2. The van der Waals surface area contributed by atoms with Gasteiger partial charge in [-0.1, -0.05) is 6.07 Å². The van der Waals surface area contributed by atoms with Crippen molar-refractivity contribution in [2.75, 3.05) is 26.0 Å². The molecule has 2 aromatic rings. The van der Waals surface area contributed by atoms with Gasteiger partial charge in [-0.3, -0.25) is 4.79 Å². The van der Waals surface area contributed by atoms with E-state index in [1.54, 1.807) is 24.5 Å². The average molecular weight is 352 g/mol. The van der Waals surface area contributed by atoms with Crippen molar-refractivity contribution in [2.45, 2.75) is 17.9 Å². The zero-order valence-electron chi connectivity index (χ0n) is 13.9. The Morgan fingerprint density at radius 2 is 2.04 bits per heavy atom. The number of carbonyl (C=O) groups excluding carboxylic acids is 1. The molecule has 1 amide bonds. The van der Waals surface area contributed by atoms with E-state index in [9.17, 15) is 13.2 Å². The van der Waals surface area contributed by atoms with Gasteiger partial charge in [-0.15, -0.1) is 0 Å². The Kier molecular flexibility index (Phi) is 5.76. The van der Waals surface area contributed by atoms with E-state index in [0.717, 1.165) is 10.1 Å². The molecule has 0 aliphatic carbocycles. The summed E-state index contributed by atoms with van der Waals surface area (Å²) in [5, 5.41) is 4.55. The Balaban J connectivity index is 1.97. The molecule has 1 atom stereocenters. The van der Waals surface area contributed by atoms with Gasteiger partial charge in [-0.05, 0) is 37.3 Å². The summed E-state index contributed by atoms with van der Waals surface area (Å²) in [5.74, 6) is 0.578. The van der Waals surface area contributed by atoms with Gasteiger partial charge in [0.1, 0.15) is 6.04 Å². The van der Waals surface area contributed by atoms with Crippen molar-refractivity contribution in [1.29, 1.82) is 0 Å². The van der Waals surface area contributed by atoms with Gasteiger partial charge >= 0.3 is 0 Å². The van der Waals surface area contributed by atoms with E-state index in [2.05, 4.69) is 5.32 Å². The monoisotopic (exact) mass is 352 g/mol. The third-order valence-electron chi connectivity index (χ3n) is 3.55. The van der Waals surface area contributed by atoms with Gasteiger partial charge in [0.25, 0.3) is 5.91 Å². The van der Waals surface area contributed by atoms with Crippen LogP contribution in [0.5, 0.6) is 0 Å². The molecule has 0 aliphatic rings.